The van der Waals surface area contributed by atoms with Gasteiger partial charge in [-0.05, 0) is 56.2 Å². The maximum absolute atomic E-state index is 12.0. The van der Waals surface area contributed by atoms with E-state index in [1.807, 2.05) is 17.0 Å². The third-order valence-electron chi connectivity index (χ3n) is 6.80. The van der Waals surface area contributed by atoms with Crippen LogP contribution in [-0.2, 0) is 16.1 Å². The molecule has 2 aliphatic rings. The van der Waals surface area contributed by atoms with Gasteiger partial charge < -0.3 is 21.3 Å². The molecule has 0 radical (unpaired) electrons. The lowest BCUT2D eigenvalue weighted by atomic mass is 9.76. The molecule has 0 atom stereocenters. The van der Waals surface area contributed by atoms with E-state index in [2.05, 4.69) is 22.8 Å². The maximum atomic E-state index is 12.0. The van der Waals surface area contributed by atoms with Crippen LogP contribution in [0.25, 0.3) is 0 Å². The van der Waals surface area contributed by atoms with E-state index in [1.54, 1.807) is 19.2 Å². The molecular formula is C25H31N7O2. The summed E-state index contributed by atoms with van der Waals surface area (Å²) in [4.78, 5) is 25.9. The van der Waals surface area contributed by atoms with Crippen molar-refractivity contribution in [3.63, 3.8) is 0 Å². The monoisotopic (exact) mass is 461 g/mol. The van der Waals surface area contributed by atoms with Gasteiger partial charge in [0.15, 0.2) is 0 Å². The highest BCUT2D eigenvalue weighted by molar-refractivity contribution is 6.22. The Morgan fingerprint density at radius 1 is 1.21 bits per heavy atom. The number of benzene rings is 1. The lowest BCUT2D eigenvalue weighted by Gasteiger charge is -2.45. The van der Waals surface area contributed by atoms with E-state index in [0.29, 0.717) is 12.1 Å². The molecule has 2 saturated carbocycles. The summed E-state index contributed by atoms with van der Waals surface area (Å²) >= 11 is 0. The lowest BCUT2D eigenvalue weighted by molar-refractivity contribution is -0.120. The molecule has 34 heavy (non-hydrogen) atoms. The summed E-state index contributed by atoms with van der Waals surface area (Å²) in [5.74, 6) is -1.46. The molecule has 0 unspecified atom stereocenters. The van der Waals surface area contributed by atoms with Gasteiger partial charge in [0.1, 0.15) is 5.84 Å². The molecule has 5 N–H and O–H groups in total. The number of hydrogen-bond acceptors (Lipinski definition) is 7. The summed E-state index contributed by atoms with van der Waals surface area (Å²) in [6.45, 7) is 0.695. The van der Waals surface area contributed by atoms with Crippen LogP contribution in [0.5, 0.6) is 0 Å². The molecule has 0 aliphatic heterocycles. The molecule has 3 rings (SSSR count). The second kappa shape index (κ2) is 11.0. The quantitative estimate of drug-likeness (QED) is 0.250. The van der Waals surface area contributed by atoms with Crippen LogP contribution >= 0.6 is 0 Å². The Bertz CT molecular complexity index is 1040. The van der Waals surface area contributed by atoms with Crippen LogP contribution < -0.4 is 16.4 Å². The predicted octanol–water partition coefficient (Wildman–Crippen LogP) is 2.05. The van der Waals surface area contributed by atoms with E-state index in [1.165, 1.54) is 6.20 Å². The number of carbonyl (C=O) groups is 2. The molecule has 2 fully saturated rings. The van der Waals surface area contributed by atoms with Crippen molar-refractivity contribution in [1.29, 1.82) is 15.9 Å². The van der Waals surface area contributed by atoms with Gasteiger partial charge in [-0.3, -0.25) is 15.0 Å². The van der Waals surface area contributed by atoms with Gasteiger partial charge in [0.25, 0.3) is 5.91 Å². The first-order chi connectivity index (χ1) is 16.3. The number of nitrogens with zero attached hydrogens (tertiary/aromatic N) is 3. The van der Waals surface area contributed by atoms with Crippen LogP contribution in [-0.4, -0.2) is 41.2 Å². The van der Waals surface area contributed by atoms with E-state index < -0.39 is 11.4 Å². The minimum absolute atomic E-state index is 0.0742. The first-order valence-corrected chi connectivity index (χ1v) is 11.5. The van der Waals surface area contributed by atoms with Gasteiger partial charge in [-0.1, -0.05) is 12.1 Å². The minimum Gasteiger partial charge on any atom is -0.373 e. The number of amides is 2. The molecule has 0 heterocycles. The lowest BCUT2D eigenvalue weighted by Crippen LogP contribution is -2.50. The van der Waals surface area contributed by atoms with E-state index in [4.69, 9.17) is 16.4 Å². The molecule has 0 saturated heterocycles. The zero-order chi connectivity index (χ0) is 24.7. The second-order valence-electron chi connectivity index (χ2n) is 9.18. The van der Waals surface area contributed by atoms with Crippen LogP contribution in [0, 0.1) is 34.0 Å². The van der Waals surface area contributed by atoms with Crippen molar-refractivity contribution >= 4 is 17.6 Å². The van der Waals surface area contributed by atoms with Crippen LogP contribution in [0.15, 0.2) is 36.0 Å². The predicted molar refractivity (Wildman–Crippen MR) is 127 cm³/mol. The number of rotatable bonds is 9. The fourth-order valence-corrected chi connectivity index (χ4v) is 4.34. The molecule has 2 amide bonds. The molecule has 0 spiro atoms. The number of amidine groups is 1. The van der Waals surface area contributed by atoms with Crippen molar-refractivity contribution in [3.05, 3.63) is 47.2 Å². The first-order valence-electron chi connectivity index (χ1n) is 11.5. The number of primary amides is 1. The summed E-state index contributed by atoms with van der Waals surface area (Å²) in [6, 6.07) is 12.2. The summed E-state index contributed by atoms with van der Waals surface area (Å²) in [5.41, 5.74) is 6.70. The van der Waals surface area contributed by atoms with Crippen molar-refractivity contribution < 1.29 is 9.59 Å². The van der Waals surface area contributed by atoms with Crippen molar-refractivity contribution in [3.8, 4) is 12.1 Å². The highest BCUT2D eigenvalue weighted by atomic mass is 16.2. The Morgan fingerprint density at radius 3 is 2.38 bits per heavy atom. The van der Waals surface area contributed by atoms with Crippen LogP contribution in [0.2, 0.25) is 0 Å². The van der Waals surface area contributed by atoms with Crippen molar-refractivity contribution in [2.45, 2.75) is 63.1 Å². The molecule has 1 aromatic rings. The molecule has 1 aromatic carbocycles. The van der Waals surface area contributed by atoms with Crippen molar-refractivity contribution in [2.75, 3.05) is 7.05 Å². The highest BCUT2D eigenvalue weighted by Gasteiger charge is 2.38. The molecule has 9 nitrogen and oxygen atoms in total. The van der Waals surface area contributed by atoms with Gasteiger partial charge in [0.2, 0.25) is 5.91 Å². The number of nitrogens with two attached hydrogens (primary N) is 1. The number of hydrogen-bond donors (Lipinski definition) is 4. The zero-order valence-electron chi connectivity index (χ0n) is 19.4. The van der Waals surface area contributed by atoms with Gasteiger partial charge in [-0.2, -0.15) is 10.5 Å². The third kappa shape index (κ3) is 6.21. The van der Waals surface area contributed by atoms with Crippen LogP contribution in [0.1, 0.15) is 56.1 Å². The summed E-state index contributed by atoms with van der Waals surface area (Å²) in [5, 5.41) is 32.6. The second-order valence-corrected chi connectivity index (χ2v) is 9.18. The topological polar surface area (TPSA) is 159 Å². The number of nitrogens with one attached hydrogen (secondary N) is 3. The van der Waals surface area contributed by atoms with Crippen LogP contribution in [0.4, 0.5) is 0 Å². The Morgan fingerprint density at radius 2 is 1.85 bits per heavy atom. The molecule has 2 aliphatic carbocycles. The number of nitriles is 2. The number of carbonyl (C=O) groups excluding carboxylic acids is 2. The Labute approximate surface area is 200 Å². The fraction of sp³-hybridized carbons (Fsp3) is 0.480. The van der Waals surface area contributed by atoms with Gasteiger partial charge in [-0.25, -0.2) is 0 Å². The normalized spacial score (nSPS) is 22.2. The SMILES string of the molecule is CN(/C=C(\C(=N)NC(=O)C1CC1)C(N)=O)[C@]1(CC#N)CC[C@@H](NCc2ccc(C#N)cc2)CC1. The van der Waals surface area contributed by atoms with Crippen LogP contribution in [0.3, 0.4) is 0 Å². The van der Waals surface area contributed by atoms with Crippen molar-refractivity contribution in [1.82, 2.24) is 15.5 Å². The minimum atomic E-state index is -0.794. The Kier molecular flexibility index (Phi) is 8.04. The van der Waals surface area contributed by atoms with Gasteiger partial charge >= 0.3 is 0 Å². The van der Waals surface area contributed by atoms with Gasteiger partial charge in [-0.15, -0.1) is 0 Å². The summed E-state index contributed by atoms with van der Waals surface area (Å²) in [7, 11) is 1.79. The fourth-order valence-electron chi connectivity index (χ4n) is 4.34. The van der Waals surface area contributed by atoms with Gasteiger partial charge in [0, 0.05) is 31.8 Å². The zero-order valence-corrected chi connectivity index (χ0v) is 19.4. The average molecular weight is 462 g/mol. The molecular weight excluding hydrogens is 430 g/mol. The summed E-state index contributed by atoms with van der Waals surface area (Å²) in [6.07, 6.45) is 6.51. The maximum Gasteiger partial charge on any atom is 0.253 e. The van der Waals surface area contributed by atoms with E-state index in [-0.39, 0.29) is 35.7 Å². The van der Waals surface area contributed by atoms with E-state index in [0.717, 1.165) is 44.1 Å². The third-order valence-corrected chi connectivity index (χ3v) is 6.80. The standard InChI is InChI=1S/C25H31N7O2/c1-32(16-21(23(29)33)22(28)31-24(34)19-6-7-19)25(12-13-26)10-8-20(9-11-25)30-15-18-4-2-17(14-27)3-5-18/h2-5,16,19-20,30H,6-12,15H2,1H3,(H2,29,33)(H2,28,31,34)/b21-16+/t20-,25-. The molecule has 0 bridgehead atoms. The largest absolute Gasteiger partial charge is 0.373 e. The highest BCUT2D eigenvalue weighted by Crippen LogP contribution is 2.36. The average Bonchev–Trinajstić information content (AvgIpc) is 3.68. The molecule has 9 heteroatoms. The van der Waals surface area contributed by atoms with E-state index >= 15 is 0 Å². The van der Waals surface area contributed by atoms with E-state index in [9.17, 15) is 14.9 Å². The smallest absolute Gasteiger partial charge is 0.253 e. The van der Waals surface area contributed by atoms with Crippen molar-refractivity contribution in [2.24, 2.45) is 11.7 Å². The summed E-state index contributed by atoms with van der Waals surface area (Å²) < 4.78 is 0. The first kappa shape index (κ1) is 24.9. The Hall–Kier alpha value is -3.69. The van der Waals surface area contributed by atoms with Gasteiger partial charge in [0.05, 0.1) is 35.2 Å². The molecule has 178 valence electrons. The molecule has 0 aromatic heterocycles. The Balaban J connectivity index is 1.63.